The summed E-state index contributed by atoms with van der Waals surface area (Å²) in [7, 11) is -4.41. The highest BCUT2D eigenvalue weighted by atomic mass is 32.2. The van der Waals surface area contributed by atoms with E-state index < -0.39 is 45.0 Å². The molecule has 0 aromatic heterocycles. The first kappa shape index (κ1) is 95.2. The Balaban J connectivity index is 0.963. The number of anilines is 1. The quantitative estimate of drug-likeness (QED) is 0.0111. The average molecular weight is 1670 g/mol. The number of allylic oxidation sites excluding steroid dienone is 4. The van der Waals surface area contributed by atoms with Gasteiger partial charge in [-0.15, -0.1) is 0 Å². The molecule has 2 unspecified atom stereocenters. The average Bonchev–Trinajstić information content (AvgIpc) is 1.58. The lowest BCUT2D eigenvalue weighted by molar-refractivity contribution is -0.442. The van der Waals surface area contributed by atoms with Crippen LogP contribution in [0.25, 0.3) is 0 Å². The van der Waals surface area contributed by atoms with Crippen LogP contribution >= 0.6 is 7.92 Å². The van der Waals surface area contributed by atoms with Gasteiger partial charge in [0.05, 0.1) is 200 Å². The highest BCUT2D eigenvalue weighted by molar-refractivity contribution is 7.86. The van der Waals surface area contributed by atoms with Crippen LogP contribution in [-0.2, 0) is 116 Å². The SMILES string of the molecule is COCCOCCOCCOCC[N+]1=C(C=CC=C2N(CCOCCOCCOCCOCCC(=O)NCCNC(=O)c3ccc(C(=O)OC)c(P(c4ccccc4)c4ccccc4)c3)c3ccc(S(=O)(=O)O)cc3C2(C)CCOCCOCCOCCOC)C(C)(CCOCCOCCOCCOC)c2cc(S(=O)(=O)O)ccc21. The fourth-order valence-corrected chi connectivity index (χ4v) is 16.2. The predicted molar refractivity (Wildman–Crippen MR) is 434 cm³/mol. The van der Waals surface area contributed by atoms with Gasteiger partial charge < -0.3 is 96.1 Å². The fourth-order valence-electron chi connectivity index (χ4n) is 12.8. The third-order valence-electron chi connectivity index (χ3n) is 18.7. The van der Waals surface area contributed by atoms with Crippen molar-refractivity contribution < 1.29 is 125 Å². The first-order valence-corrected chi connectivity index (χ1v) is 42.7. The zero-order chi connectivity index (χ0) is 82.4. The molecule has 0 fully saturated rings. The normalized spacial score (nSPS) is 15.9. The number of esters is 1. The zero-order valence-corrected chi connectivity index (χ0v) is 69.5. The van der Waals surface area contributed by atoms with Crippen LogP contribution in [0, 0.1) is 0 Å². The standard InChI is InChI=1S/C82H115N4O26PS2/c1-81(27-34-101-45-50-109-57-54-105-41-38-96-3)71-63-68(114(90,91)92)21-24-73(71)85(31-36-103-47-52-111-59-56-107-43-40-98-5)76(81)18-13-19-77-82(2,28-35-102-46-51-110-58-55-106-42-39-97-4)72-64-69(115(93,94)95)22-25-74(72)86(77)32-37-104-48-53-112-61-60-108-49-44-100-33-26-78(87)83-29-30-84-79(88)65-20-23-70(80(89)99-6)75(62-65)113(66-14-9-7-10-15-66)67-16-11-8-12-17-67/h7-25,62-64H,26-61H2,1-6H3,(H3-,83,84,87,88,90,91,92,93,94,95)/p+1. The molecule has 4 N–H and O–H groups in total. The molecule has 0 bridgehead atoms. The number of benzene rings is 5. The number of carbonyl (C=O) groups is 3. The summed E-state index contributed by atoms with van der Waals surface area (Å²) < 4.78 is 171. The first-order valence-electron chi connectivity index (χ1n) is 38.5. The Hall–Kier alpha value is -6.93. The molecule has 33 heteroatoms. The largest absolute Gasteiger partial charge is 0.465 e. The molecule has 2 heterocycles. The van der Waals surface area contributed by atoms with Gasteiger partial charge >= 0.3 is 5.97 Å². The van der Waals surface area contributed by atoms with Crippen LogP contribution in [0.4, 0.5) is 11.4 Å². The maximum atomic E-state index is 13.5. The van der Waals surface area contributed by atoms with Gasteiger partial charge in [0.25, 0.3) is 26.1 Å². The number of hydrogen-bond acceptors (Lipinski definition) is 25. The molecule has 0 aliphatic carbocycles. The zero-order valence-electron chi connectivity index (χ0n) is 67.0. The van der Waals surface area contributed by atoms with Crippen molar-refractivity contribution in [3.63, 3.8) is 0 Å². The van der Waals surface area contributed by atoms with Gasteiger partial charge in [0.15, 0.2) is 12.3 Å². The molecular formula is C82H116N4O26PS2+. The van der Waals surface area contributed by atoms with E-state index in [2.05, 4.69) is 20.1 Å². The second kappa shape index (κ2) is 52.8. The van der Waals surface area contributed by atoms with E-state index in [0.717, 1.165) is 22.0 Å². The molecular weight excluding hydrogens is 1550 g/mol. The second-order valence-electron chi connectivity index (χ2n) is 26.6. The minimum absolute atomic E-state index is 0.0940. The van der Waals surface area contributed by atoms with Crippen LogP contribution in [0.15, 0.2) is 149 Å². The van der Waals surface area contributed by atoms with Crippen molar-refractivity contribution >= 4 is 78.9 Å². The van der Waals surface area contributed by atoms with Crippen molar-refractivity contribution in [3.8, 4) is 0 Å². The van der Waals surface area contributed by atoms with E-state index in [1.165, 1.54) is 31.4 Å². The monoisotopic (exact) mass is 1670 g/mol. The summed E-state index contributed by atoms with van der Waals surface area (Å²) in [5, 5.41) is 8.36. The number of carbonyl (C=O) groups excluding carboxylic acids is 3. The minimum Gasteiger partial charge on any atom is -0.465 e. The van der Waals surface area contributed by atoms with E-state index in [-0.39, 0.29) is 140 Å². The van der Waals surface area contributed by atoms with Gasteiger partial charge in [-0.2, -0.15) is 21.4 Å². The van der Waals surface area contributed by atoms with Crippen LogP contribution in [0.3, 0.4) is 0 Å². The highest BCUT2D eigenvalue weighted by Gasteiger charge is 2.49. The number of methoxy groups -OCH3 is 4. The molecule has 5 aromatic rings. The molecule has 115 heavy (non-hydrogen) atoms. The van der Waals surface area contributed by atoms with Crippen molar-refractivity contribution in [1.82, 2.24) is 10.6 Å². The van der Waals surface area contributed by atoms with E-state index >= 15 is 0 Å². The van der Waals surface area contributed by atoms with Gasteiger partial charge in [-0.1, -0.05) is 66.7 Å². The molecule has 0 saturated heterocycles. The topological polar surface area (TPSA) is 347 Å². The van der Waals surface area contributed by atoms with Crippen LogP contribution in [0.2, 0.25) is 0 Å². The Bertz CT molecular complexity index is 4010. The molecule has 0 spiro atoms. The Kier molecular flexibility index (Phi) is 43.7. The first-order chi connectivity index (χ1) is 55.8. The van der Waals surface area contributed by atoms with E-state index in [0.29, 0.717) is 157 Å². The van der Waals surface area contributed by atoms with Crippen molar-refractivity contribution in [1.29, 1.82) is 0 Å². The van der Waals surface area contributed by atoms with Gasteiger partial charge in [0.2, 0.25) is 11.6 Å². The summed E-state index contributed by atoms with van der Waals surface area (Å²) in [6, 6.07) is 33.7. The Morgan fingerprint density at radius 2 is 0.896 bits per heavy atom. The fraction of sp³-hybridized carbons (Fsp3) is 0.537. The van der Waals surface area contributed by atoms with Crippen LogP contribution in [-0.4, -0.2) is 300 Å². The number of amides is 2. The maximum Gasteiger partial charge on any atom is 0.338 e. The minimum atomic E-state index is -4.67. The number of nitrogens with zero attached hydrogens (tertiary/aromatic N) is 2. The van der Waals surface area contributed by atoms with Crippen molar-refractivity contribution in [2.75, 3.05) is 251 Å². The van der Waals surface area contributed by atoms with E-state index in [9.17, 15) is 40.3 Å². The van der Waals surface area contributed by atoms with Crippen LogP contribution in [0.5, 0.6) is 0 Å². The van der Waals surface area contributed by atoms with E-state index in [4.69, 9.17) is 80.5 Å². The number of fused-ring (bicyclic) bond motifs is 2. The van der Waals surface area contributed by atoms with Crippen molar-refractivity contribution in [2.45, 2.75) is 53.7 Å². The highest BCUT2D eigenvalue weighted by Crippen LogP contribution is 2.51. The lowest BCUT2D eigenvalue weighted by atomic mass is 9.76. The molecule has 2 atom stereocenters. The van der Waals surface area contributed by atoms with Gasteiger partial charge in [0.1, 0.15) is 6.61 Å². The number of rotatable bonds is 63. The van der Waals surface area contributed by atoms with Gasteiger partial charge in [-0.3, -0.25) is 18.7 Å². The van der Waals surface area contributed by atoms with Gasteiger partial charge in [-0.25, -0.2) is 4.79 Å². The molecule has 0 saturated carbocycles. The smallest absolute Gasteiger partial charge is 0.338 e. The molecule has 30 nitrogen and oxygen atoms in total. The number of ether oxygens (including phenoxy) is 17. The van der Waals surface area contributed by atoms with Gasteiger partial charge in [0, 0.05) is 106 Å². The summed E-state index contributed by atoms with van der Waals surface area (Å²) in [5.74, 6) is -1.12. The van der Waals surface area contributed by atoms with Crippen LogP contribution in [0.1, 0.15) is 65.0 Å². The molecule has 0 radical (unpaired) electrons. The van der Waals surface area contributed by atoms with Crippen LogP contribution < -0.4 is 31.4 Å². The lowest BCUT2D eigenvalue weighted by Gasteiger charge is -2.30. The molecule has 2 amide bonds. The Morgan fingerprint density at radius 1 is 0.470 bits per heavy atom. The lowest BCUT2D eigenvalue weighted by Crippen LogP contribution is -2.35. The Labute approximate surface area is 677 Å². The second-order valence-corrected chi connectivity index (χ2v) is 31.6. The maximum absolute atomic E-state index is 13.5. The van der Waals surface area contributed by atoms with E-state index in [1.54, 1.807) is 51.7 Å². The third kappa shape index (κ3) is 31.7. The van der Waals surface area contributed by atoms with Gasteiger partial charge in [-0.05, 0) is 105 Å². The van der Waals surface area contributed by atoms with Crippen molar-refractivity contribution in [2.24, 2.45) is 0 Å². The summed E-state index contributed by atoms with van der Waals surface area (Å²) >= 11 is 0. The molecule has 636 valence electrons. The molecule has 2 aliphatic rings. The number of nitrogens with one attached hydrogen (secondary N) is 2. The number of hydrogen-bond donors (Lipinski definition) is 4. The summed E-state index contributed by atoms with van der Waals surface area (Å²) in [5.41, 5.74) is 2.96. The summed E-state index contributed by atoms with van der Waals surface area (Å²) in [6.07, 6.45) is 6.62. The Morgan fingerprint density at radius 3 is 1.37 bits per heavy atom. The summed E-state index contributed by atoms with van der Waals surface area (Å²) in [6.45, 7) is 14.2. The predicted octanol–water partition coefficient (Wildman–Crippen LogP) is 6.17. The van der Waals surface area contributed by atoms with E-state index in [1.807, 2.05) is 92.7 Å². The molecule has 7 rings (SSSR count). The third-order valence-corrected chi connectivity index (χ3v) is 22.9. The van der Waals surface area contributed by atoms with Crippen molar-refractivity contribution in [3.05, 3.63) is 161 Å². The summed E-state index contributed by atoms with van der Waals surface area (Å²) in [4.78, 5) is 40.7. The molecule has 2 aliphatic heterocycles. The molecule has 5 aromatic carbocycles.